The zero-order valence-corrected chi connectivity index (χ0v) is 35.1. The van der Waals surface area contributed by atoms with Crippen LogP contribution in [0.1, 0.15) is 72.7 Å². The number of likely N-dealkylation sites (tertiary alicyclic amines) is 2. The Bertz CT molecular complexity index is 2210. The van der Waals surface area contributed by atoms with Crippen molar-refractivity contribution in [2.75, 3.05) is 45.2 Å². The van der Waals surface area contributed by atoms with Gasteiger partial charge in [0.05, 0.1) is 24.2 Å². The second kappa shape index (κ2) is 18.0. The number of hydrogen-bond acceptors (Lipinski definition) is 8. The predicted octanol–water partition coefficient (Wildman–Crippen LogP) is 7.32. The number of ether oxygens (including phenoxy) is 2. The van der Waals surface area contributed by atoms with Crippen molar-refractivity contribution in [3.8, 4) is 16.9 Å². The number of rotatable bonds is 11. The fraction of sp³-hybridized carbons (Fsp3) is 0.512. The van der Waals surface area contributed by atoms with Crippen molar-refractivity contribution in [2.24, 2.45) is 17.3 Å². The lowest BCUT2D eigenvalue weighted by Crippen LogP contribution is -2.51. The van der Waals surface area contributed by atoms with Gasteiger partial charge >= 0.3 is 18.5 Å². The largest absolute Gasteiger partial charge is 0.573 e. The molecule has 0 aliphatic carbocycles. The first-order chi connectivity index (χ1) is 28.3. The SMILES string of the molecule is COC(=O)N[C@H](C(=O)N1C[C@@H](C)C[C@H]1c1nc2c(ccc3cc(-c4ccc(NC(=O)NCCNC5CCN(C(=O)C(C)(C)C)CC5)cc4OC(F)(F)F)ccc32)[nH]1)C(C)C. The molecule has 0 bridgehead atoms. The number of anilines is 1. The fourth-order valence-electron chi connectivity index (χ4n) is 8.01. The molecular formula is C43H55F3N8O6. The number of nitrogens with zero attached hydrogens (tertiary/aromatic N) is 3. The molecule has 3 aromatic carbocycles. The van der Waals surface area contributed by atoms with Gasteiger partial charge in [-0.3, -0.25) is 9.59 Å². The molecule has 2 aliphatic heterocycles. The quantitative estimate of drug-likeness (QED) is 0.0980. The van der Waals surface area contributed by atoms with Gasteiger partial charge in [-0.2, -0.15) is 0 Å². The van der Waals surface area contributed by atoms with E-state index >= 15 is 0 Å². The minimum Gasteiger partial charge on any atom is -0.453 e. The third-order valence-corrected chi connectivity index (χ3v) is 11.0. The summed E-state index contributed by atoms with van der Waals surface area (Å²) in [6, 6.07) is 11.5. The number of carbonyl (C=O) groups is 4. The lowest BCUT2D eigenvalue weighted by molar-refractivity contribution is -0.274. The van der Waals surface area contributed by atoms with Crippen molar-refractivity contribution in [3.63, 3.8) is 0 Å². The topological polar surface area (TPSA) is 170 Å². The fourth-order valence-corrected chi connectivity index (χ4v) is 8.01. The Labute approximate surface area is 347 Å². The van der Waals surface area contributed by atoms with Crippen LogP contribution in [0.25, 0.3) is 32.9 Å². The summed E-state index contributed by atoms with van der Waals surface area (Å²) in [7, 11) is 1.25. The summed E-state index contributed by atoms with van der Waals surface area (Å²) in [5, 5.41) is 12.8. The predicted molar refractivity (Wildman–Crippen MR) is 222 cm³/mol. The number of methoxy groups -OCH3 is 1. The number of nitrogens with one attached hydrogen (secondary N) is 5. The number of alkyl carbamates (subject to hydrolysis) is 1. The van der Waals surface area contributed by atoms with Gasteiger partial charge in [0.2, 0.25) is 11.8 Å². The zero-order valence-electron chi connectivity index (χ0n) is 35.1. The molecule has 5 N–H and O–H groups in total. The highest BCUT2D eigenvalue weighted by atomic mass is 19.4. The summed E-state index contributed by atoms with van der Waals surface area (Å²) in [6.45, 7) is 14.0. The van der Waals surface area contributed by atoms with E-state index in [1.165, 1.54) is 19.2 Å². The smallest absolute Gasteiger partial charge is 0.453 e. The van der Waals surface area contributed by atoms with E-state index in [1.54, 1.807) is 23.1 Å². The van der Waals surface area contributed by atoms with Gasteiger partial charge in [0.1, 0.15) is 17.6 Å². The molecule has 14 nitrogen and oxygen atoms in total. The number of amides is 5. The molecule has 17 heteroatoms. The van der Waals surface area contributed by atoms with E-state index in [0.717, 1.165) is 29.8 Å². The van der Waals surface area contributed by atoms with E-state index in [2.05, 4.69) is 37.9 Å². The molecule has 2 fully saturated rings. The van der Waals surface area contributed by atoms with Gasteiger partial charge in [-0.25, -0.2) is 14.6 Å². The molecule has 0 spiro atoms. The number of aromatic amines is 1. The first-order valence-corrected chi connectivity index (χ1v) is 20.4. The minimum atomic E-state index is -5.00. The van der Waals surface area contributed by atoms with Crippen molar-refractivity contribution >= 4 is 51.4 Å². The molecule has 0 unspecified atom stereocenters. The number of carbonyl (C=O) groups excluding carboxylic acids is 4. The number of piperidine rings is 1. The second-order valence-corrected chi connectivity index (χ2v) is 17.1. The van der Waals surface area contributed by atoms with Crippen LogP contribution in [0.15, 0.2) is 48.5 Å². The van der Waals surface area contributed by atoms with E-state index in [9.17, 15) is 32.3 Å². The molecule has 6 rings (SSSR count). The van der Waals surface area contributed by atoms with E-state index in [1.807, 2.05) is 51.7 Å². The Morgan fingerprint density at radius 1 is 0.983 bits per heavy atom. The Morgan fingerprint density at radius 2 is 1.72 bits per heavy atom. The van der Waals surface area contributed by atoms with E-state index < -0.39 is 35.7 Å². The van der Waals surface area contributed by atoms with Gasteiger partial charge < -0.3 is 45.5 Å². The number of halogens is 3. The summed E-state index contributed by atoms with van der Waals surface area (Å²) in [5.41, 5.74) is 1.67. The van der Waals surface area contributed by atoms with Crippen molar-refractivity contribution < 1.29 is 41.8 Å². The molecule has 3 atom stereocenters. The Kier molecular flexibility index (Phi) is 13.2. The maximum atomic E-state index is 13.8. The second-order valence-electron chi connectivity index (χ2n) is 17.1. The van der Waals surface area contributed by atoms with Gasteiger partial charge in [-0.15, -0.1) is 13.2 Å². The Balaban J connectivity index is 1.14. The molecule has 2 aliphatic rings. The summed E-state index contributed by atoms with van der Waals surface area (Å²) in [6.07, 6.45) is -3.43. The monoisotopic (exact) mass is 836 g/mol. The van der Waals surface area contributed by atoms with Crippen LogP contribution in [0.2, 0.25) is 0 Å². The van der Waals surface area contributed by atoms with Crippen molar-refractivity contribution in [2.45, 2.75) is 85.3 Å². The molecule has 0 radical (unpaired) electrons. The Hall–Kier alpha value is -5.58. The number of urea groups is 1. The normalized spacial score (nSPS) is 18.2. The van der Waals surface area contributed by atoms with Gasteiger partial charge in [0.25, 0.3) is 0 Å². The number of hydrogen-bond donors (Lipinski definition) is 5. The van der Waals surface area contributed by atoms with E-state index in [0.29, 0.717) is 54.9 Å². The molecule has 5 amide bonds. The van der Waals surface area contributed by atoms with Crippen LogP contribution in [0.5, 0.6) is 5.75 Å². The summed E-state index contributed by atoms with van der Waals surface area (Å²) in [4.78, 5) is 63.1. The average molecular weight is 837 g/mol. The van der Waals surface area contributed by atoms with Crippen LogP contribution in [0.4, 0.5) is 28.4 Å². The molecule has 324 valence electrons. The molecule has 1 aromatic heterocycles. The molecule has 0 saturated carbocycles. The average Bonchev–Trinajstić information content (AvgIpc) is 3.81. The number of benzene rings is 3. The summed E-state index contributed by atoms with van der Waals surface area (Å²) < 4.78 is 50.4. The molecule has 2 saturated heterocycles. The summed E-state index contributed by atoms with van der Waals surface area (Å²) in [5.74, 6) is -0.00634. The first-order valence-electron chi connectivity index (χ1n) is 20.4. The first kappa shape index (κ1) is 44.0. The van der Waals surface area contributed by atoms with Crippen LogP contribution in [-0.2, 0) is 14.3 Å². The number of fused-ring (bicyclic) bond motifs is 3. The summed E-state index contributed by atoms with van der Waals surface area (Å²) >= 11 is 0. The number of aromatic nitrogens is 2. The van der Waals surface area contributed by atoms with Crippen molar-refractivity contribution in [1.29, 1.82) is 0 Å². The minimum absolute atomic E-state index is 0.112. The van der Waals surface area contributed by atoms with Crippen LogP contribution in [-0.4, -0.2) is 102 Å². The van der Waals surface area contributed by atoms with Crippen LogP contribution in [0.3, 0.4) is 0 Å². The third kappa shape index (κ3) is 10.4. The van der Waals surface area contributed by atoms with Gasteiger partial charge in [0.15, 0.2) is 0 Å². The zero-order chi connectivity index (χ0) is 43.5. The lowest BCUT2D eigenvalue weighted by Gasteiger charge is -2.36. The number of imidazole rings is 1. The standard InChI is InChI=1S/C43H55F3N8O6/c1-24(2)35(52-41(58)59-7)38(55)54-23-25(3)20-33(54)37-50-32-13-9-27-21-26(8-11-31(27)36(32)51-37)30-12-10-29(22-34(30)60-43(44,45)46)49-40(57)48-17-16-47-28-14-18-53(19-15-28)39(56)42(4,5)6/h8-13,21-22,24-25,28,33,35,47H,14-20,23H2,1-7H3,(H,50,51)(H,52,58)(H2,48,49,57)/t25-,33-,35-/m0/s1. The molecule has 60 heavy (non-hydrogen) atoms. The highest BCUT2D eigenvalue weighted by Gasteiger charge is 2.40. The molecular weight excluding hydrogens is 782 g/mol. The van der Waals surface area contributed by atoms with Gasteiger partial charge in [-0.05, 0) is 66.3 Å². The highest BCUT2D eigenvalue weighted by molar-refractivity contribution is 6.05. The van der Waals surface area contributed by atoms with Gasteiger partial charge in [-0.1, -0.05) is 59.7 Å². The van der Waals surface area contributed by atoms with Crippen molar-refractivity contribution in [3.05, 3.63) is 54.4 Å². The highest BCUT2D eigenvalue weighted by Crippen LogP contribution is 2.40. The van der Waals surface area contributed by atoms with Crippen LogP contribution in [0, 0.1) is 17.3 Å². The molecule has 3 heterocycles. The maximum Gasteiger partial charge on any atom is 0.573 e. The Morgan fingerprint density at radius 3 is 2.38 bits per heavy atom. The lowest BCUT2D eigenvalue weighted by atomic mass is 9.93. The van der Waals surface area contributed by atoms with Crippen LogP contribution < -0.4 is 26.0 Å². The number of alkyl halides is 3. The van der Waals surface area contributed by atoms with Crippen molar-refractivity contribution in [1.82, 2.24) is 35.7 Å². The van der Waals surface area contributed by atoms with Gasteiger partial charge in [0, 0.05) is 66.9 Å². The van der Waals surface area contributed by atoms with E-state index in [4.69, 9.17) is 9.72 Å². The molecule has 4 aromatic rings. The van der Waals surface area contributed by atoms with Crippen LogP contribution >= 0.6 is 0 Å². The third-order valence-electron chi connectivity index (χ3n) is 11.0. The number of H-pyrrole nitrogens is 1. The van der Waals surface area contributed by atoms with E-state index in [-0.39, 0.29) is 53.5 Å². The maximum absolute atomic E-state index is 13.8.